The van der Waals surface area contributed by atoms with Gasteiger partial charge in [0.15, 0.2) is 11.4 Å². The fourth-order valence-electron chi connectivity index (χ4n) is 4.21. The number of anilines is 1. The number of carbonyl (C=O) groups is 1. The van der Waals surface area contributed by atoms with Crippen LogP contribution < -0.4 is 24.9 Å². The Morgan fingerprint density at radius 2 is 1.76 bits per heavy atom. The van der Waals surface area contributed by atoms with Crippen LogP contribution in [0, 0.1) is 11.3 Å². The first-order valence-corrected chi connectivity index (χ1v) is 12.4. The van der Waals surface area contributed by atoms with Crippen molar-refractivity contribution >= 4 is 29.0 Å². The first-order valence-electron chi connectivity index (χ1n) is 11.6. The number of nitrogens with one attached hydrogen (secondary N) is 1. The second-order valence-electron chi connectivity index (χ2n) is 8.33. The highest BCUT2D eigenvalue weighted by molar-refractivity contribution is 7.07. The van der Waals surface area contributed by atoms with Crippen molar-refractivity contribution in [1.29, 1.82) is 5.26 Å². The molecule has 2 heterocycles. The van der Waals surface area contributed by atoms with Crippen LogP contribution in [0.1, 0.15) is 24.1 Å². The molecule has 0 saturated heterocycles. The first kappa shape index (κ1) is 24.0. The molecule has 37 heavy (non-hydrogen) atoms. The topological polar surface area (TPSA) is 96.5 Å². The minimum atomic E-state index is -0.620. The summed E-state index contributed by atoms with van der Waals surface area (Å²) in [6.45, 7) is 1.77. The number of hydrogen-bond acceptors (Lipinski definition) is 6. The molecular formula is C29H22N4O3S. The van der Waals surface area contributed by atoms with E-state index in [1.54, 1.807) is 29.7 Å². The zero-order valence-corrected chi connectivity index (χ0v) is 20.7. The van der Waals surface area contributed by atoms with E-state index in [1.165, 1.54) is 11.3 Å². The average Bonchev–Trinajstić information content (AvgIpc) is 3.22. The van der Waals surface area contributed by atoms with Gasteiger partial charge in [-0.25, -0.2) is 4.99 Å². The van der Waals surface area contributed by atoms with E-state index in [2.05, 4.69) is 10.3 Å². The minimum absolute atomic E-state index is 0.0308. The molecule has 1 aliphatic heterocycles. The Hall–Kier alpha value is -4.74. The second-order valence-corrected chi connectivity index (χ2v) is 9.34. The highest BCUT2D eigenvalue weighted by atomic mass is 32.1. The van der Waals surface area contributed by atoms with Crippen LogP contribution in [0.25, 0.3) is 6.08 Å². The quantitative estimate of drug-likeness (QED) is 0.431. The van der Waals surface area contributed by atoms with E-state index in [9.17, 15) is 9.59 Å². The molecule has 1 atom stereocenters. The molecule has 8 heteroatoms. The van der Waals surface area contributed by atoms with Crippen LogP contribution >= 0.6 is 11.3 Å². The number of allylic oxidation sites excluding steroid dienone is 1. The van der Waals surface area contributed by atoms with Crippen LogP contribution in [0.2, 0.25) is 0 Å². The number of amides is 1. The SMILES string of the molecule is CC1=C(C(=O)Nc2ccccc2)[C@H](c2ccccc2)n2c(s/c(=C\c3ccc(OCC#N)cc3)c2=O)=N1. The summed E-state index contributed by atoms with van der Waals surface area (Å²) in [5.74, 6) is 0.275. The van der Waals surface area contributed by atoms with Crippen molar-refractivity contribution in [2.75, 3.05) is 11.9 Å². The zero-order chi connectivity index (χ0) is 25.8. The van der Waals surface area contributed by atoms with Gasteiger partial charge < -0.3 is 10.1 Å². The van der Waals surface area contributed by atoms with E-state index >= 15 is 0 Å². The molecule has 7 nitrogen and oxygen atoms in total. The lowest BCUT2D eigenvalue weighted by Crippen LogP contribution is -2.40. The third-order valence-electron chi connectivity index (χ3n) is 5.89. The van der Waals surface area contributed by atoms with Crippen molar-refractivity contribution < 1.29 is 9.53 Å². The van der Waals surface area contributed by atoms with Gasteiger partial charge in [-0.1, -0.05) is 72.0 Å². The lowest BCUT2D eigenvalue weighted by Gasteiger charge is -2.25. The normalized spacial score (nSPS) is 14.9. The van der Waals surface area contributed by atoms with Crippen LogP contribution in [0.15, 0.2) is 106 Å². The molecule has 0 radical (unpaired) electrons. The molecule has 0 fully saturated rings. The van der Waals surface area contributed by atoms with E-state index in [0.29, 0.717) is 32.0 Å². The highest BCUT2D eigenvalue weighted by Gasteiger charge is 2.32. The number of carbonyl (C=O) groups excluding carboxylic acids is 1. The van der Waals surface area contributed by atoms with Crippen LogP contribution in [-0.2, 0) is 4.79 Å². The molecule has 3 aromatic carbocycles. The number of fused-ring (bicyclic) bond motifs is 1. The number of nitriles is 1. The smallest absolute Gasteiger partial charge is 0.271 e. The Kier molecular flexibility index (Phi) is 6.79. The third-order valence-corrected chi connectivity index (χ3v) is 6.88. The Bertz CT molecular complexity index is 1700. The van der Waals surface area contributed by atoms with Gasteiger partial charge in [0.2, 0.25) is 0 Å². The summed E-state index contributed by atoms with van der Waals surface area (Å²) in [6, 6.07) is 27.2. The second kappa shape index (κ2) is 10.5. The van der Waals surface area contributed by atoms with Crippen molar-refractivity contribution in [2.45, 2.75) is 13.0 Å². The molecule has 0 saturated carbocycles. The first-order chi connectivity index (χ1) is 18.0. The van der Waals surface area contributed by atoms with Gasteiger partial charge in [-0.3, -0.25) is 14.2 Å². The van der Waals surface area contributed by atoms with E-state index in [1.807, 2.05) is 78.9 Å². The number of nitrogens with zero attached hydrogens (tertiary/aromatic N) is 3. The molecule has 1 aliphatic rings. The summed E-state index contributed by atoms with van der Waals surface area (Å²) in [7, 11) is 0. The summed E-state index contributed by atoms with van der Waals surface area (Å²) < 4.78 is 7.41. The highest BCUT2D eigenvalue weighted by Crippen LogP contribution is 2.30. The van der Waals surface area contributed by atoms with Crippen molar-refractivity contribution in [3.8, 4) is 11.8 Å². The summed E-state index contributed by atoms with van der Waals surface area (Å²) in [4.78, 5) is 32.4. The Morgan fingerprint density at radius 1 is 1.08 bits per heavy atom. The zero-order valence-electron chi connectivity index (χ0n) is 19.9. The maximum Gasteiger partial charge on any atom is 0.271 e. The standard InChI is InChI=1S/C29H22N4O3S/c1-19-25(27(34)32-22-10-6-3-7-11-22)26(21-8-4-2-5-9-21)33-28(35)24(37-29(33)31-19)18-20-12-14-23(15-13-20)36-17-16-30/h2-15,18,26H,17H2,1H3,(H,32,34)/b24-18-/t26-/m0/s1. The Balaban J connectivity index is 1.59. The van der Waals surface area contributed by atoms with Gasteiger partial charge in [-0.15, -0.1) is 0 Å². The number of aromatic nitrogens is 1. The molecule has 182 valence electrons. The molecule has 0 spiro atoms. The summed E-state index contributed by atoms with van der Waals surface area (Å²) in [5.41, 5.74) is 3.06. The monoisotopic (exact) mass is 506 g/mol. The fourth-order valence-corrected chi connectivity index (χ4v) is 5.26. The van der Waals surface area contributed by atoms with Gasteiger partial charge in [-0.05, 0) is 48.4 Å². The van der Waals surface area contributed by atoms with Crippen molar-refractivity contribution in [3.63, 3.8) is 0 Å². The number of hydrogen-bond donors (Lipinski definition) is 1. The predicted octanol–water partition coefficient (Wildman–Crippen LogP) is 3.78. The average molecular weight is 507 g/mol. The van der Waals surface area contributed by atoms with Crippen LogP contribution in [0.3, 0.4) is 0 Å². The van der Waals surface area contributed by atoms with Crippen molar-refractivity contribution in [2.24, 2.45) is 4.99 Å². The number of benzene rings is 3. The molecule has 1 aromatic heterocycles. The third kappa shape index (κ3) is 4.99. The van der Waals surface area contributed by atoms with E-state index in [0.717, 1.165) is 11.1 Å². The summed E-state index contributed by atoms with van der Waals surface area (Å²) in [6.07, 6.45) is 1.79. The van der Waals surface area contributed by atoms with Crippen LogP contribution in [0.5, 0.6) is 5.75 Å². The van der Waals surface area contributed by atoms with Crippen LogP contribution in [-0.4, -0.2) is 17.1 Å². The lowest BCUT2D eigenvalue weighted by atomic mass is 9.95. The molecule has 4 aromatic rings. The van der Waals surface area contributed by atoms with Gasteiger partial charge >= 0.3 is 0 Å². The van der Waals surface area contributed by atoms with E-state index < -0.39 is 6.04 Å². The van der Waals surface area contributed by atoms with E-state index in [-0.39, 0.29) is 18.1 Å². The molecule has 1 N–H and O–H groups in total. The molecule has 0 unspecified atom stereocenters. The van der Waals surface area contributed by atoms with Gasteiger partial charge in [0.1, 0.15) is 11.8 Å². The predicted molar refractivity (Wildman–Crippen MR) is 143 cm³/mol. The molecule has 1 amide bonds. The van der Waals surface area contributed by atoms with Crippen molar-refractivity contribution in [1.82, 2.24) is 4.57 Å². The minimum Gasteiger partial charge on any atom is -0.479 e. The molecule has 0 aliphatic carbocycles. The molecule has 0 bridgehead atoms. The molecule has 5 rings (SSSR count). The van der Waals surface area contributed by atoms with Gasteiger partial charge in [0.05, 0.1) is 21.8 Å². The molecular weight excluding hydrogens is 484 g/mol. The Labute approximate surface area is 216 Å². The van der Waals surface area contributed by atoms with Crippen molar-refractivity contribution in [3.05, 3.63) is 127 Å². The van der Waals surface area contributed by atoms with Crippen LogP contribution in [0.4, 0.5) is 5.69 Å². The van der Waals surface area contributed by atoms with E-state index in [4.69, 9.17) is 10.00 Å². The number of para-hydroxylation sites is 1. The number of ether oxygens (including phenoxy) is 1. The van der Waals surface area contributed by atoms with Gasteiger partial charge in [-0.2, -0.15) is 5.26 Å². The lowest BCUT2D eigenvalue weighted by molar-refractivity contribution is -0.113. The number of thiazole rings is 1. The maximum atomic E-state index is 13.7. The summed E-state index contributed by atoms with van der Waals surface area (Å²) >= 11 is 1.28. The maximum absolute atomic E-state index is 13.7. The van der Waals surface area contributed by atoms with Gasteiger partial charge in [0.25, 0.3) is 11.5 Å². The fraction of sp³-hybridized carbons (Fsp3) is 0.103. The van der Waals surface area contributed by atoms with Gasteiger partial charge in [0, 0.05) is 5.69 Å². The summed E-state index contributed by atoms with van der Waals surface area (Å²) in [5, 5.41) is 11.6. The number of rotatable bonds is 6. The largest absolute Gasteiger partial charge is 0.479 e. The Morgan fingerprint density at radius 3 is 2.43 bits per heavy atom.